The second-order valence-electron chi connectivity index (χ2n) is 7.70. The van der Waals surface area contributed by atoms with Crippen molar-refractivity contribution in [2.45, 2.75) is 57.9 Å². The van der Waals surface area contributed by atoms with Crippen molar-refractivity contribution in [3.63, 3.8) is 0 Å². The fourth-order valence-electron chi connectivity index (χ4n) is 3.64. The normalized spacial score (nSPS) is 13.5. The molecule has 30 heavy (non-hydrogen) atoms. The van der Waals surface area contributed by atoms with E-state index in [2.05, 4.69) is 17.1 Å². The Hall–Kier alpha value is -2.86. The number of fused-ring (bicyclic) bond motifs is 1. The lowest BCUT2D eigenvalue weighted by Crippen LogP contribution is -2.01. The van der Waals surface area contributed by atoms with Crippen LogP contribution in [0.1, 0.15) is 68.4 Å². The minimum atomic E-state index is -0.500. The van der Waals surface area contributed by atoms with Gasteiger partial charge in [-0.1, -0.05) is 62.4 Å². The van der Waals surface area contributed by atoms with Crippen molar-refractivity contribution in [2.24, 2.45) is 0 Å². The highest BCUT2D eigenvalue weighted by molar-refractivity contribution is 5.54. The minimum absolute atomic E-state index is 0.237. The largest absolute Gasteiger partial charge is 0.454 e. The van der Waals surface area contributed by atoms with E-state index in [4.69, 9.17) is 19.7 Å². The Kier molecular flexibility index (Phi) is 6.64. The average molecular weight is 407 g/mol. The molecule has 0 bridgehead atoms. The predicted octanol–water partition coefficient (Wildman–Crippen LogP) is 5.74. The molecule has 6 heteroatoms. The van der Waals surface area contributed by atoms with Crippen LogP contribution in [-0.2, 0) is 6.42 Å². The maximum absolute atomic E-state index is 8.58. The van der Waals surface area contributed by atoms with Crippen LogP contribution in [0, 0.1) is 0 Å². The van der Waals surface area contributed by atoms with Gasteiger partial charge in [0.25, 0.3) is 5.89 Å². The Labute approximate surface area is 177 Å². The van der Waals surface area contributed by atoms with Crippen LogP contribution in [-0.4, -0.2) is 16.9 Å². The van der Waals surface area contributed by atoms with Gasteiger partial charge in [-0.2, -0.15) is 4.98 Å². The molecule has 1 N–H and O–H groups in total. The first-order valence-electron chi connectivity index (χ1n) is 10.8. The number of benzene rings is 2. The smallest absolute Gasteiger partial charge is 0.257 e. The highest BCUT2D eigenvalue weighted by Gasteiger charge is 2.18. The van der Waals surface area contributed by atoms with Crippen molar-refractivity contribution in [2.75, 3.05) is 6.79 Å². The summed E-state index contributed by atoms with van der Waals surface area (Å²) >= 11 is 0. The summed E-state index contributed by atoms with van der Waals surface area (Å²) in [7, 11) is 0. The number of aromatic nitrogens is 2. The Morgan fingerprint density at radius 2 is 1.63 bits per heavy atom. The number of hydrogen-bond donors (Lipinski definition) is 0. The van der Waals surface area contributed by atoms with Crippen LogP contribution in [0.2, 0.25) is 0 Å². The van der Waals surface area contributed by atoms with E-state index < -0.39 is 6.04 Å². The lowest BCUT2D eigenvalue weighted by atomic mass is 9.98. The topological polar surface area (TPSA) is 81.2 Å². The molecule has 0 fully saturated rings. The third-order valence-electron chi connectivity index (χ3n) is 5.44. The molecule has 1 radical (unpaired) electrons. The fraction of sp³-hybridized carbons (Fsp3) is 0.417. The van der Waals surface area contributed by atoms with Gasteiger partial charge in [0.2, 0.25) is 6.79 Å². The van der Waals surface area contributed by atoms with Gasteiger partial charge in [-0.25, -0.2) is 5.73 Å². The summed E-state index contributed by atoms with van der Waals surface area (Å²) in [6.45, 7) is 2.47. The van der Waals surface area contributed by atoms with Crippen molar-refractivity contribution in [1.29, 1.82) is 0 Å². The van der Waals surface area contributed by atoms with Crippen LogP contribution < -0.4 is 15.2 Å². The Morgan fingerprint density at radius 3 is 2.47 bits per heavy atom. The number of unbranched alkanes of at least 4 members (excludes halogenated alkanes) is 5. The lowest BCUT2D eigenvalue weighted by Gasteiger charge is -2.12. The van der Waals surface area contributed by atoms with Gasteiger partial charge in [0.05, 0.1) is 6.04 Å². The molecule has 0 saturated heterocycles. The van der Waals surface area contributed by atoms with Gasteiger partial charge in [-0.3, -0.25) is 0 Å². The first-order chi connectivity index (χ1) is 14.7. The van der Waals surface area contributed by atoms with Crippen molar-refractivity contribution >= 4 is 0 Å². The van der Waals surface area contributed by atoms with Gasteiger partial charge in [0.15, 0.2) is 17.3 Å². The molecule has 1 aromatic heterocycles. The molecule has 1 aliphatic heterocycles. The summed E-state index contributed by atoms with van der Waals surface area (Å²) in [6, 6.07) is 12.9. The van der Waals surface area contributed by atoms with Gasteiger partial charge in [-0.05, 0) is 41.8 Å². The summed E-state index contributed by atoms with van der Waals surface area (Å²) in [5, 5.41) is 4.12. The molecule has 0 spiro atoms. The van der Waals surface area contributed by atoms with Gasteiger partial charge < -0.3 is 14.0 Å². The predicted molar refractivity (Wildman–Crippen MR) is 114 cm³/mol. The van der Waals surface area contributed by atoms with Crippen molar-refractivity contribution < 1.29 is 14.0 Å². The zero-order valence-corrected chi connectivity index (χ0v) is 17.4. The monoisotopic (exact) mass is 406 g/mol. The molecule has 0 amide bonds. The van der Waals surface area contributed by atoms with E-state index in [1.54, 1.807) is 0 Å². The summed E-state index contributed by atoms with van der Waals surface area (Å²) in [4.78, 5) is 4.53. The molecule has 2 aromatic carbocycles. The van der Waals surface area contributed by atoms with Crippen LogP contribution in [0.5, 0.6) is 11.5 Å². The van der Waals surface area contributed by atoms with E-state index in [0.29, 0.717) is 11.6 Å². The van der Waals surface area contributed by atoms with Crippen LogP contribution >= 0.6 is 0 Å². The van der Waals surface area contributed by atoms with E-state index in [1.165, 1.54) is 32.1 Å². The van der Waals surface area contributed by atoms with Gasteiger partial charge >= 0.3 is 0 Å². The van der Waals surface area contributed by atoms with Crippen LogP contribution in [0.4, 0.5) is 0 Å². The Bertz CT molecular complexity index is 953. The SMILES string of the molecule is CCCCCCCCc1noc(-c2ccc(C([NH])c3ccc4c(c3)OCO4)cc2)n1. The van der Waals surface area contributed by atoms with Crippen LogP contribution in [0.3, 0.4) is 0 Å². The summed E-state index contributed by atoms with van der Waals surface area (Å²) in [6.07, 6.45) is 8.33. The van der Waals surface area contributed by atoms with Crippen LogP contribution in [0.25, 0.3) is 11.5 Å². The summed E-state index contributed by atoms with van der Waals surface area (Å²) < 4.78 is 16.2. The third kappa shape index (κ3) is 4.82. The minimum Gasteiger partial charge on any atom is -0.454 e. The standard InChI is InChI=1S/C24H28N3O3/c1-2-3-4-5-6-7-8-22-26-24(30-27-22)18-11-9-17(10-12-18)23(25)19-13-14-20-21(15-19)29-16-28-20/h9-15,23,25H,2-8,16H2,1H3. The highest BCUT2D eigenvalue weighted by Crippen LogP contribution is 2.35. The molecule has 1 atom stereocenters. The highest BCUT2D eigenvalue weighted by atomic mass is 16.7. The number of hydrogen-bond acceptors (Lipinski definition) is 5. The van der Waals surface area contributed by atoms with Gasteiger partial charge in [0, 0.05) is 12.0 Å². The molecule has 4 rings (SSSR count). The maximum atomic E-state index is 8.58. The average Bonchev–Trinajstić information content (AvgIpc) is 3.45. The molecule has 0 aliphatic carbocycles. The zero-order chi connectivity index (χ0) is 20.8. The molecular formula is C24H28N3O3. The first kappa shape index (κ1) is 20.4. The van der Waals surface area contributed by atoms with Crippen molar-refractivity contribution in [3.05, 3.63) is 59.4 Å². The van der Waals surface area contributed by atoms with Gasteiger partial charge in [0.1, 0.15) is 0 Å². The molecule has 6 nitrogen and oxygen atoms in total. The molecule has 2 heterocycles. The number of aryl methyl sites for hydroxylation is 1. The van der Waals surface area contributed by atoms with E-state index in [9.17, 15) is 0 Å². The molecule has 157 valence electrons. The Balaban J connectivity index is 1.35. The van der Waals surface area contributed by atoms with E-state index in [0.717, 1.165) is 41.1 Å². The van der Waals surface area contributed by atoms with E-state index >= 15 is 0 Å². The quantitative estimate of drug-likeness (QED) is 0.401. The second-order valence-corrected chi connectivity index (χ2v) is 7.70. The first-order valence-corrected chi connectivity index (χ1v) is 10.8. The fourth-order valence-corrected chi connectivity index (χ4v) is 3.64. The molecule has 1 unspecified atom stereocenters. The Morgan fingerprint density at radius 1 is 0.900 bits per heavy atom. The summed E-state index contributed by atoms with van der Waals surface area (Å²) in [5.74, 6) is 2.73. The van der Waals surface area contributed by atoms with Gasteiger partial charge in [-0.15, -0.1) is 0 Å². The number of ether oxygens (including phenoxy) is 2. The van der Waals surface area contributed by atoms with Crippen LogP contribution in [0.15, 0.2) is 47.0 Å². The lowest BCUT2D eigenvalue weighted by molar-refractivity contribution is 0.174. The third-order valence-corrected chi connectivity index (χ3v) is 5.44. The molecule has 1 aliphatic rings. The molecule has 3 aromatic rings. The number of nitrogens with zero attached hydrogens (tertiary/aromatic N) is 2. The number of rotatable bonds is 10. The maximum Gasteiger partial charge on any atom is 0.257 e. The van der Waals surface area contributed by atoms with Crippen molar-refractivity contribution in [3.8, 4) is 23.0 Å². The van der Waals surface area contributed by atoms with E-state index in [1.807, 2.05) is 42.5 Å². The second kappa shape index (κ2) is 9.76. The van der Waals surface area contributed by atoms with E-state index in [-0.39, 0.29) is 6.79 Å². The van der Waals surface area contributed by atoms with Crippen molar-refractivity contribution in [1.82, 2.24) is 15.9 Å². The molecule has 0 saturated carbocycles. The summed E-state index contributed by atoms with van der Waals surface area (Å²) in [5.41, 5.74) is 11.2. The molecular weight excluding hydrogens is 378 g/mol. The zero-order valence-electron chi connectivity index (χ0n) is 17.4. The number of nitrogens with one attached hydrogen (secondary N) is 1.